The Balaban J connectivity index is 1.72. The minimum Gasteiger partial charge on any atom is -0.445 e. The molecule has 0 radical (unpaired) electrons. The second kappa shape index (κ2) is 9.57. The molecule has 6 heteroatoms. The number of benzene rings is 1. The Morgan fingerprint density at radius 1 is 1.23 bits per heavy atom. The second-order valence-corrected chi connectivity index (χ2v) is 7.46. The number of hydrogen-bond acceptors (Lipinski definition) is 4. The molecule has 1 aliphatic heterocycles. The summed E-state index contributed by atoms with van der Waals surface area (Å²) in [5, 5.41) is 0. The standard InChI is InChI=1S/C20H31N3O3/c1-15(2)18(21)19(24)23-11-9-16(10-12-23)13-22(3)20(25)26-14-17-7-5-4-6-8-17/h4-8,15-16,18H,9-14,21H2,1-3H3. The largest absolute Gasteiger partial charge is 0.445 e. The monoisotopic (exact) mass is 361 g/mol. The zero-order valence-electron chi connectivity index (χ0n) is 16.1. The highest BCUT2D eigenvalue weighted by Gasteiger charge is 2.28. The number of nitrogens with two attached hydrogens (primary N) is 1. The minimum absolute atomic E-state index is 0.0362. The van der Waals surface area contributed by atoms with E-state index in [0.717, 1.165) is 18.4 Å². The van der Waals surface area contributed by atoms with Crippen molar-refractivity contribution < 1.29 is 14.3 Å². The van der Waals surface area contributed by atoms with Crippen molar-refractivity contribution in [3.63, 3.8) is 0 Å². The lowest BCUT2D eigenvalue weighted by Crippen LogP contribution is -2.50. The van der Waals surface area contributed by atoms with Gasteiger partial charge in [-0.15, -0.1) is 0 Å². The van der Waals surface area contributed by atoms with Gasteiger partial charge in [0.1, 0.15) is 6.61 Å². The average molecular weight is 361 g/mol. The summed E-state index contributed by atoms with van der Waals surface area (Å²) < 4.78 is 5.35. The smallest absolute Gasteiger partial charge is 0.409 e. The summed E-state index contributed by atoms with van der Waals surface area (Å²) in [5.41, 5.74) is 6.94. The van der Waals surface area contributed by atoms with E-state index >= 15 is 0 Å². The van der Waals surface area contributed by atoms with Crippen molar-refractivity contribution in [3.8, 4) is 0 Å². The van der Waals surface area contributed by atoms with Crippen molar-refractivity contribution in [1.82, 2.24) is 9.80 Å². The quantitative estimate of drug-likeness (QED) is 0.844. The fraction of sp³-hybridized carbons (Fsp3) is 0.600. The van der Waals surface area contributed by atoms with Gasteiger partial charge in [-0.1, -0.05) is 44.2 Å². The predicted molar refractivity (Wildman–Crippen MR) is 101 cm³/mol. The van der Waals surface area contributed by atoms with E-state index in [1.807, 2.05) is 49.1 Å². The lowest BCUT2D eigenvalue weighted by atomic mass is 9.95. The topological polar surface area (TPSA) is 75.9 Å². The Kier molecular flexibility index (Phi) is 7.45. The van der Waals surface area contributed by atoms with Crippen molar-refractivity contribution in [2.45, 2.75) is 39.3 Å². The Labute approximate surface area is 156 Å². The van der Waals surface area contributed by atoms with E-state index in [0.29, 0.717) is 25.6 Å². The maximum absolute atomic E-state index is 12.3. The normalized spacial score (nSPS) is 16.4. The van der Waals surface area contributed by atoms with Gasteiger partial charge in [-0.2, -0.15) is 0 Å². The molecular weight excluding hydrogens is 330 g/mol. The molecule has 2 rings (SSSR count). The molecule has 1 aliphatic rings. The van der Waals surface area contributed by atoms with Crippen LogP contribution in [0, 0.1) is 11.8 Å². The number of carbonyl (C=O) groups excluding carboxylic acids is 2. The summed E-state index contributed by atoms with van der Waals surface area (Å²) in [4.78, 5) is 27.9. The Morgan fingerprint density at radius 3 is 2.42 bits per heavy atom. The van der Waals surface area contributed by atoms with E-state index in [-0.39, 0.29) is 24.5 Å². The highest BCUT2D eigenvalue weighted by Crippen LogP contribution is 2.20. The Hall–Kier alpha value is -2.08. The summed E-state index contributed by atoms with van der Waals surface area (Å²) >= 11 is 0. The maximum Gasteiger partial charge on any atom is 0.409 e. The van der Waals surface area contributed by atoms with Crippen LogP contribution in [0.4, 0.5) is 4.79 Å². The predicted octanol–water partition coefficient (Wildman–Crippen LogP) is 2.48. The zero-order valence-corrected chi connectivity index (χ0v) is 16.1. The highest BCUT2D eigenvalue weighted by molar-refractivity contribution is 5.82. The molecule has 0 saturated carbocycles. The van der Waals surface area contributed by atoms with Crippen molar-refractivity contribution in [1.29, 1.82) is 0 Å². The minimum atomic E-state index is -0.429. The number of likely N-dealkylation sites (tertiary alicyclic amines) is 1. The first kappa shape index (κ1) is 20.2. The molecule has 1 atom stereocenters. The van der Waals surface area contributed by atoms with Crippen LogP contribution in [0.25, 0.3) is 0 Å². The first-order valence-corrected chi connectivity index (χ1v) is 9.34. The number of carbonyl (C=O) groups is 2. The summed E-state index contributed by atoms with van der Waals surface area (Å²) in [5.74, 6) is 0.559. The first-order chi connectivity index (χ1) is 12.4. The van der Waals surface area contributed by atoms with E-state index in [1.165, 1.54) is 0 Å². The van der Waals surface area contributed by atoms with Gasteiger partial charge in [0.05, 0.1) is 6.04 Å². The second-order valence-electron chi connectivity index (χ2n) is 7.46. The molecule has 2 N–H and O–H groups in total. The number of ether oxygens (including phenoxy) is 1. The van der Waals surface area contributed by atoms with Gasteiger partial charge in [0.15, 0.2) is 0 Å². The van der Waals surface area contributed by atoms with E-state index in [1.54, 1.807) is 11.9 Å². The van der Waals surface area contributed by atoms with Gasteiger partial charge in [0.2, 0.25) is 5.91 Å². The maximum atomic E-state index is 12.3. The number of hydrogen-bond donors (Lipinski definition) is 1. The fourth-order valence-corrected chi connectivity index (χ4v) is 3.12. The molecule has 26 heavy (non-hydrogen) atoms. The zero-order chi connectivity index (χ0) is 19.1. The molecule has 1 aromatic rings. The van der Waals surface area contributed by atoms with E-state index in [2.05, 4.69) is 0 Å². The molecule has 2 amide bonds. The summed E-state index contributed by atoms with van der Waals surface area (Å²) in [7, 11) is 1.76. The third-order valence-electron chi connectivity index (χ3n) is 4.98. The van der Waals surface area contributed by atoms with Gasteiger partial charge in [0.25, 0.3) is 0 Å². The van der Waals surface area contributed by atoms with E-state index < -0.39 is 6.04 Å². The molecular formula is C20H31N3O3. The van der Waals surface area contributed by atoms with E-state index in [4.69, 9.17) is 10.5 Å². The number of rotatable bonds is 6. The molecule has 1 heterocycles. The van der Waals surface area contributed by atoms with Crippen LogP contribution in [0.3, 0.4) is 0 Å². The molecule has 1 fully saturated rings. The molecule has 0 spiro atoms. The third kappa shape index (κ3) is 5.73. The van der Waals surface area contributed by atoms with Gasteiger partial charge in [-0.3, -0.25) is 4.79 Å². The van der Waals surface area contributed by atoms with Crippen LogP contribution in [0.15, 0.2) is 30.3 Å². The van der Waals surface area contributed by atoms with Crippen molar-refractivity contribution >= 4 is 12.0 Å². The summed E-state index contributed by atoms with van der Waals surface area (Å²) in [6, 6.07) is 9.22. The van der Waals surface area contributed by atoms with Crippen LogP contribution in [-0.2, 0) is 16.1 Å². The van der Waals surface area contributed by atoms with Crippen LogP contribution in [0.5, 0.6) is 0 Å². The van der Waals surface area contributed by atoms with Crippen LogP contribution < -0.4 is 5.73 Å². The van der Waals surface area contributed by atoms with Gasteiger partial charge < -0.3 is 20.3 Å². The van der Waals surface area contributed by atoms with Crippen molar-refractivity contribution in [3.05, 3.63) is 35.9 Å². The number of nitrogens with zero attached hydrogens (tertiary/aromatic N) is 2. The molecule has 0 aliphatic carbocycles. The molecule has 6 nitrogen and oxygen atoms in total. The van der Waals surface area contributed by atoms with E-state index in [9.17, 15) is 9.59 Å². The first-order valence-electron chi connectivity index (χ1n) is 9.34. The molecule has 1 saturated heterocycles. The van der Waals surface area contributed by atoms with Crippen LogP contribution >= 0.6 is 0 Å². The molecule has 1 aromatic carbocycles. The van der Waals surface area contributed by atoms with Gasteiger partial charge in [0, 0.05) is 26.7 Å². The Bertz CT molecular complexity index is 583. The average Bonchev–Trinajstić information content (AvgIpc) is 2.66. The highest BCUT2D eigenvalue weighted by atomic mass is 16.6. The summed E-state index contributed by atoms with van der Waals surface area (Å²) in [6.07, 6.45) is 1.45. The van der Waals surface area contributed by atoms with Gasteiger partial charge >= 0.3 is 6.09 Å². The SMILES string of the molecule is CC(C)C(N)C(=O)N1CCC(CN(C)C(=O)OCc2ccccc2)CC1. The molecule has 1 unspecified atom stereocenters. The van der Waals surface area contributed by atoms with Crippen LogP contribution in [-0.4, -0.2) is 54.5 Å². The number of amides is 2. The lowest BCUT2D eigenvalue weighted by molar-refractivity contribution is -0.135. The number of piperidine rings is 1. The van der Waals surface area contributed by atoms with Gasteiger partial charge in [-0.25, -0.2) is 4.79 Å². The Morgan fingerprint density at radius 2 is 1.85 bits per heavy atom. The summed E-state index contributed by atoms with van der Waals surface area (Å²) in [6.45, 7) is 6.26. The lowest BCUT2D eigenvalue weighted by Gasteiger charge is -2.35. The van der Waals surface area contributed by atoms with Crippen LogP contribution in [0.2, 0.25) is 0 Å². The van der Waals surface area contributed by atoms with Crippen molar-refractivity contribution in [2.75, 3.05) is 26.7 Å². The molecule has 144 valence electrons. The molecule has 0 bridgehead atoms. The van der Waals surface area contributed by atoms with Gasteiger partial charge in [-0.05, 0) is 30.2 Å². The van der Waals surface area contributed by atoms with Crippen molar-refractivity contribution in [2.24, 2.45) is 17.6 Å². The fourth-order valence-electron chi connectivity index (χ4n) is 3.12. The van der Waals surface area contributed by atoms with Crippen LogP contribution in [0.1, 0.15) is 32.3 Å². The third-order valence-corrected chi connectivity index (χ3v) is 4.98. The molecule has 0 aromatic heterocycles.